The van der Waals surface area contributed by atoms with Crippen LogP contribution >= 0.6 is 23.2 Å². The van der Waals surface area contributed by atoms with Crippen LogP contribution in [-0.2, 0) is 11.3 Å². The highest BCUT2D eigenvalue weighted by atomic mass is 35.5. The molecule has 0 saturated carbocycles. The zero-order chi connectivity index (χ0) is 17.7. The van der Waals surface area contributed by atoms with Gasteiger partial charge in [-0.3, -0.25) is 19.8 Å². The first-order valence-corrected chi connectivity index (χ1v) is 7.78. The quantitative estimate of drug-likeness (QED) is 0.618. The Labute approximate surface area is 149 Å². The fraction of sp³-hybridized carbons (Fsp3) is 0.188. The summed E-state index contributed by atoms with van der Waals surface area (Å²) in [7, 11) is 1.70. The molecular formula is C16H15Cl2N3O3. The summed E-state index contributed by atoms with van der Waals surface area (Å²) in [4.78, 5) is 24.4. The first kappa shape index (κ1) is 18.2. The van der Waals surface area contributed by atoms with Crippen molar-refractivity contribution < 1.29 is 9.72 Å². The minimum absolute atomic E-state index is 0.0302. The highest BCUT2D eigenvalue weighted by Gasteiger charge is 2.16. The summed E-state index contributed by atoms with van der Waals surface area (Å²) >= 11 is 11.9. The Bertz CT molecular complexity index is 768. The van der Waals surface area contributed by atoms with Gasteiger partial charge >= 0.3 is 0 Å². The summed E-state index contributed by atoms with van der Waals surface area (Å²) in [6, 6.07) is 11.2. The van der Waals surface area contributed by atoms with Crippen molar-refractivity contribution >= 4 is 40.5 Å². The molecule has 8 heteroatoms. The van der Waals surface area contributed by atoms with Crippen molar-refractivity contribution in [3.05, 3.63) is 68.2 Å². The lowest BCUT2D eigenvalue weighted by atomic mass is 10.1. The molecule has 0 aliphatic heterocycles. The van der Waals surface area contributed by atoms with E-state index in [1.54, 1.807) is 48.3 Å². The van der Waals surface area contributed by atoms with E-state index in [1.165, 1.54) is 6.07 Å². The van der Waals surface area contributed by atoms with Gasteiger partial charge in [-0.1, -0.05) is 41.4 Å². The molecule has 0 atom stereocenters. The standard InChI is InChI=1S/C16H15Cl2N3O3/c1-20(9-11-4-2-3-5-15(11)21(23)24)10-16(22)19-14-8-12(17)6-7-13(14)18/h2-8H,9-10H2,1H3,(H,19,22). The number of benzene rings is 2. The molecule has 1 amide bonds. The number of likely N-dealkylation sites (N-methyl/N-ethyl adjacent to an activating group) is 1. The van der Waals surface area contributed by atoms with Gasteiger partial charge in [0.1, 0.15) is 0 Å². The normalized spacial score (nSPS) is 10.7. The molecule has 0 fully saturated rings. The van der Waals surface area contributed by atoms with Gasteiger partial charge in [0.15, 0.2) is 0 Å². The van der Waals surface area contributed by atoms with E-state index in [0.29, 0.717) is 21.3 Å². The Kier molecular flexibility index (Phi) is 6.14. The number of anilines is 1. The van der Waals surface area contributed by atoms with Crippen molar-refractivity contribution in [1.82, 2.24) is 4.90 Å². The minimum atomic E-state index is -0.436. The Balaban J connectivity index is 2.00. The molecule has 0 bridgehead atoms. The zero-order valence-corrected chi connectivity index (χ0v) is 14.3. The number of nitrogens with zero attached hydrogens (tertiary/aromatic N) is 2. The largest absolute Gasteiger partial charge is 0.324 e. The maximum absolute atomic E-state index is 12.1. The van der Waals surface area contributed by atoms with Crippen molar-refractivity contribution in [3.63, 3.8) is 0 Å². The average molecular weight is 368 g/mol. The zero-order valence-electron chi connectivity index (χ0n) is 12.8. The molecule has 0 unspecified atom stereocenters. The second-order valence-corrected chi connectivity index (χ2v) is 6.07. The van der Waals surface area contributed by atoms with Crippen LogP contribution in [0.2, 0.25) is 10.0 Å². The highest BCUT2D eigenvalue weighted by Crippen LogP contribution is 2.25. The number of nitrogens with one attached hydrogen (secondary N) is 1. The van der Waals surface area contributed by atoms with Crippen LogP contribution in [0.4, 0.5) is 11.4 Å². The number of rotatable bonds is 6. The number of nitro groups is 1. The van der Waals surface area contributed by atoms with Gasteiger partial charge in [-0.25, -0.2) is 0 Å². The number of nitro benzene ring substituents is 1. The average Bonchev–Trinajstić information content (AvgIpc) is 2.51. The van der Waals surface area contributed by atoms with E-state index in [9.17, 15) is 14.9 Å². The van der Waals surface area contributed by atoms with E-state index in [2.05, 4.69) is 5.32 Å². The molecule has 2 aromatic carbocycles. The molecule has 0 aliphatic rings. The van der Waals surface area contributed by atoms with Gasteiger partial charge in [0.05, 0.1) is 22.2 Å². The maximum atomic E-state index is 12.1. The van der Waals surface area contributed by atoms with Gasteiger partial charge in [-0.2, -0.15) is 0 Å². The third-order valence-corrected chi connectivity index (χ3v) is 3.81. The van der Waals surface area contributed by atoms with Crippen LogP contribution in [-0.4, -0.2) is 29.3 Å². The van der Waals surface area contributed by atoms with Crippen LogP contribution in [0.1, 0.15) is 5.56 Å². The van der Waals surface area contributed by atoms with Crippen LogP contribution in [0.25, 0.3) is 0 Å². The molecule has 0 radical (unpaired) electrons. The fourth-order valence-electron chi connectivity index (χ4n) is 2.20. The molecule has 0 aromatic heterocycles. The van der Waals surface area contributed by atoms with Gasteiger partial charge in [0, 0.05) is 23.2 Å². The summed E-state index contributed by atoms with van der Waals surface area (Å²) in [6.07, 6.45) is 0. The topological polar surface area (TPSA) is 75.5 Å². The Morgan fingerprint density at radius 2 is 1.96 bits per heavy atom. The summed E-state index contributed by atoms with van der Waals surface area (Å²) in [6.45, 7) is 0.322. The summed E-state index contributed by atoms with van der Waals surface area (Å²) in [5.41, 5.74) is 0.995. The molecule has 2 aromatic rings. The minimum Gasteiger partial charge on any atom is -0.324 e. The number of carbonyl (C=O) groups is 1. The van der Waals surface area contributed by atoms with Crippen LogP contribution in [0.15, 0.2) is 42.5 Å². The van der Waals surface area contributed by atoms with Crippen LogP contribution < -0.4 is 5.32 Å². The van der Waals surface area contributed by atoms with Crippen molar-refractivity contribution in [2.24, 2.45) is 0 Å². The SMILES string of the molecule is CN(CC(=O)Nc1cc(Cl)ccc1Cl)Cc1ccccc1[N+](=O)[O-]. The molecule has 1 N–H and O–H groups in total. The number of halogens is 2. The smallest absolute Gasteiger partial charge is 0.273 e. The predicted molar refractivity (Wildman–Crippen MR) is 94.5 cm³/mol. The third kappa shape index (κ3) is 4.92. The molecular weight excluding hydrogens is 353 g/mol. The van der Waals surface area contributed by atoms with Crippen LogP contribution in [0.5, 0.6) is 0 Å². The van der Waals surface area contributed by atoms with E-state index in [0.717, 1.165) is 0 Å². The third-order valence-electron chi connectivity index (χ3n) is 3.24. The monoisotopic (exact) mass is 367 g/mol. The van der Waals surface area contributed by atoms with Crippen molar-refractivity contribution in [1.29, 1.82) is 0 Å². The number of amides is 1. The summed E-state index contributed by atoms with van der Waals surface area (Å²) in [5, 5.41) is 14.5. The van der Waals surface area contributed by atoms with Gasteiger partial charge in [-0.05, 0) is 25.2 Å². The van der Waals surface area contributed by atoms with E-state index in [-0.39, 0.29) is 24.7 Å². The number of para-hydroxylation sites is 1. The highest BCUT2D eigenvalue weighted by molar-refractivity contribution is 6.35. The van der Waals surface area contributed by atoms with Gasteiger partial charge < -0.3 is 5.32 Å². The van der Waals surface area contributed by atoms with E-state index < -0.39 is 4.92 Å². The van der Waals surface area contributed by atoms with Crippen molar-refractivity contribution in [3.8, 4) is 0 Å². The second kappa shape index (κ2) is 8.10. The second-order valence-electron chi connectivity index (χ2n) is 5.23. The van der Waals surface area contributed by atoms with Gasteiger partial charge in [0.25, 0.3) is 5.69 Å². The molecule has 0 spiro atoms. The van der Waals surface area contributed by atoms with E-state index in [4.69, 9.17) is 23.2 Å². The lowest BCUT2D eigenvalue weighted by molar-refractivity contribution is -0.385. The Morgan fingerprint density at radius 3 is 2.67 bits per heavy atom. The molecule has 2 rings (SSSR count). The fourth-order valence-corrected chi connectivity index (χ4v) is 2.53. The Morgan fingerprint density at radius 1 is 1.25 bits per heavy atom. The van der Waals surface area contributed by atoms with Crippen molar-refractivity contribution in [2.75, 3.05) is 18.9 Å². The van der Waals surface area contributed by atoms with Crippen LogP contribution in [0.3, 0.4) is 0 Å². The first-order chi connectivity index (χ1) is 11.4. The molecule has 0 saturated heterocycles. The molecule has 24 heavy (non-hydrogen) atoms. The Hall–Kier alpha value is -2.15. The molecule has 126 valence electrons. The van der Waals surface area contributed by atoms with Crippen molar-refractivity contribution in [2.45, 2.75) is 6.54 Å². The number of carbonyl (C=O) groups excluding carboxylic acids is 1. The number of hydrogen-bond donors (Lipinski definition) is 1. The predicted octanol–water partition coefficient (Wildman–Crippen LogP) is 3.97. The number of hydrogen-bond acceptors (Lipinski definition) is 4. The van der Waals surface area contributed by atoms with Gasteiger partial charge in [0.2, 0.25) is 5.91 Å². The molecule has 0 aliphatic carbocycles. The van der Waals surface area contributed by atoms with Crippen LogP contribution in [0, 0.1) is 10.1 Å². The lowest BCUT2D eigenvalue weighted by Gasteiger charge is -2.16. The summed E-state index contributed by atoms with van der Waals surface area (Å²) in [5.74, 6) is -0.291. The first-order valence-electron chi connectivity index (χ1n) is 7.02. The van der Waals surface area contributed by atoms with Gasteiger partial charge in [-0.15, -0.1) is 0 Å². The summed E-state index contributed by atoms with van der Waals surface area (Å²) < 4.78 is 0. The maximum Gasteiger partial charge on any atom is 0.273 e. The van der Waals surface area contributed by atoms with E-state index >= 15 is 0 Å². The van der Waals surface area contributed by atoms with E-state index in [1.807, 2.05) is 0 Å². The lowest BCUT2D eigenvalue weighted by Crippen LogP contribution is -2.30. The molecule has 0 heterocycles. The molecule has 6 nitrogen and oxygen atoms in total.